The summed E-state index contributed by atoms with van der Waals surface area (Å²) in [6, 6.07) is 7.71. The molecule has 2 rings (SSSR count). The van der Waals surface area contributed by atoms with Gasteiger partial charge in [-0.2, -0.15) is 4.37 Å². The van der Waals surface area contributed by atoms with E-state index in [9.17, 15) is 9.18 Å². The van der Waals surface area contributed by atoms with Gasteiger partial charge in [0.1, 0.15) is 10.8 Å². The first-order chi connectivity index (χ1) is 9.77. The minimum atomic E-state index is -0.283. The zero-order valence-electron chi connectivity index (χ0n) is 12.5. The molecule has 0 aliphatic carbocycles. The number of carbonyl (C=O) groups excluding carboxylic acids is 1. The van der Waals surface area contributed by atoms with Gasteiger partial charge < -0.3 is 4.90 Å². The van der Waals surface area contributed by atoms with E-state index in [1.807, 2.05) is 20.8 Å². The van der Waals surface area contributed by atoms with Gasteiger partial charge in [0.15, 0.2) is 0 Å². The van der Waals surface area contributed by atoms with Gasteiger partial charge in [-0.05, 0) is 56.6 Å². The number of anilines is 1. The van der Waals surface area contributed by atoms with Crippen LogP contribution in [0, 0.1) is 5.82 Å². The lowest BCUT2D eigenvalue weighted by molar-refractivity contribution is 0.179. The summed E-state index contributed by atoms with van der Waals surface area (Å²) in [4.78, 5) is 13.7. The second-order valence-corrected chi connectivity index (χ2v) is 6.55. The second kappa shape index (κ2) is 5.81. The SMILES string of the molecule is CN(C(=O)Nc1cc(-c2ccc(F)cc2)ns1)C(C)(C)C. The van der Waals surface area contributed by atoms with E-state index in [0.717, 1.165) is 5.56 Å². The van der Waals surface area contributed by atoms with Crippen molar-refractivity contribution in [3.63, 3.8) is 0 Å². The lowest BCUT2D eigenvalue weighted by Gasteiger charge is -2.31. The van der Waals surface area contributed by atoms with Crippen LogP contribution in [0.15, 0.2) is 30.3 Å². The third kappa shape index (κ3) is 3.78. The van der Waals surface area contributed by atoms with Crippen LogP contribution < -0.4 is 5.32 Å². The summed E-state index contributed by atoms with van der Waals surface area (Å²) in [7, 11) is 1.75. The van der Waals surface area contributed by atoms with Crippen molar-refractivity contribution >= 4 is 22.6 Å². The van der Waals surface area contributed by atoms with E-state index in [1.165, 1.54) is 23.7 Å². The van der Waals surface area contributed by atoms with E-state index in [0.29, 0.717) is 10.7 Å². The van der Waals surface area contributed by atoms with Gasteiger partial charge in [0.2, 0.25) is 0 Å². The highest BCUT2D eigenvalue weighted by Gasteiger charge is 2.22. The molecule has 1 N–H and O–H groups in total. The summed E-state index contributed by atoms with van der Waals surface area (Å²) >= 11 is 1.20. The molecule has 0 aliphatic rings. The predicted molar refractivity (Wildman–Crippen MR) is 84.0 cm³/mol. The van der Waals surface area contributed by atoms with Crippen LogP contribution in [0.25, 0.3) is 11.3 Å². The van der Waals surface area contributed by atoms with Gasteiger partial charge in [0.25, 0.3) is 0 Å². The number of nitrogens with zero attached hydrogens (tertiary/aromatic N) is 2. The zero-order valence-corrected chi connectivity index (χ0v) is 13.3. The predicted octanol–water partition coefficient (Wildman–Crippen LogP) is 4.21. The fourth-order valence-electron chi connectivity index (χ4n) is 1.58. The van der Waals surface area contributed by atoms with Gasteiger partial charge in [0, 0.05) is 24.2 Å². The molecule has 112 valence electrons. The molecule has 6 heteroatoms. The Kier molecular flexibility index (Phi) is 4.27. The highest BCUT2D eigenvalue weighted by Crippen LogP contribution is 2.26. The molecule has 0 saturated heterocycles. The zero-order chi connectivity index (χ0) is 15.6. The molecule has 0 radical (unpaired) electrons. The maximum Gasteiger partial charge on any atom is 0.322 e. The van der Waals surface area contributed by atoms with Crippen LogP contribution in [0.2, 0.25) is 0 Å². The van der Waals surface area contributed by atoms with Crippen molar-refractivity contribution in [1.29, 1.82) is 0 Å². The fourth-order valence-corrected chi connectivity index (χ4v) is 2.24. The lowest BCUT2D eigenvalue weighted by Crippen LogP contribution is -2.44. The third-order valence-electron chi connectivity index (χ3n) is 3.19. The Labute approximate surface area is 127 Å². The second-order valence-electron chi connectivity index (χ2n) is 5.74. The van der Waals surface area contributed by atoms with E-state index in [2.05, 4.69) is 9.69 Å². The minimum absolute atomic E-state index is 0.184. The molecular formula is C15H18FN3OS. The first-order valence-electron chi connectivity index (χ1n) is 6.55. The van der Waals surface area contributed by atoms with Crippen molar-refractivity contribution < 1.29 is 9.18 Å². The van der Waals surface area contributed by atoms with E-state index < -0.39 is 0 Å². The number of rotatable bonds is 2. The normalized spacial score (nSPS) is 11.3. The molecule has 0 bridgehead atoms. The van der Waals surface area contributed by atoms with Gasteiger partial charge in [-0.25, -0.2) is 9.18 Å². The Morgan fingerprint density at radius 3 is 2.48 bits per heavy atom. The molecule has 0 fully saturated rings. The molecule has 2 amide bonds. The largest absolute Gasteiger partial charge is 0.323 e. The monoisotopic (exact) mass is 307 g/mol. The van der Waals surface area contributed by atoms with Crippen molar-refractivity contribution in [3.05, 3.63) is 36.1 Å². The molecule has 0 atom stereocenters. The first kappa shape index (κ1) is 15.4. The van der Waals surface area contributed by atoms with Gasteiger partial charge in [-0.3, -0.25) is 5.32 Å². The van der Waals surface area contributed by atoms with E-state index in [1.54, 1.807) is 30.1 Å². The fraction of sp³-hybridized carbons (Fsp3) is 0.333. The molecule has 0 unspecified atom stereocenters. The standard InChI is InChI=1S/C15H18FN3OS/c1-15(2,3)19(4)14(20)17-13-9-12(18-21-13)10-5-7-11(16)8-6-10/h5-9H,1-4H3,(H,17,20). The molecule has 1 aromatic heterocycles. The molecule has 2 aromatic rings. The van der Waals surface area contributed by atoms with Crippen LogP contribution in [0.4, 0.5) is 14.2 Å². The maximum absolute atomic E-state index is 12.9. The third-order valence-corrected chi connectivity index (χ3v) is 3.90. The van der Waals surface area contributed by atoms with E-state index >= 15 is 0 Å². The Bertz CT molecular complexity index is 631. The van der Waals surface area contributed by atoms with E-state index in [4.69, 9.17) is 0 Å². The summed E-state index contributed by atoms with van der Waals surface area (Å²) in [5.41, 5.74) is 1.28. The quantitative estimate of drug-likeness (QED) is 0.903. The van der Waals surface area contributed by atoms with Crippen LogP contribution in [-0.2, 0) is 0 Å². The number of amides is 2. The highest BCUT2D eigenvalue weighted by atomic mass is 32.1. The smallest absolute Gasteiger partial charge is 0.322 e. The van der Waals surface area contributed by atoms with Gasteiger partial charge in [0.05, 0.1) is 5.69 Å². The van der Waals surface area contributed by atoms with Gasteiger partial charge >= 0.3 is 6.03 Å². The number of halogens is 1. The average Bonchev–Trinajstić information content (AvgIpc) is 2.86. The Balaban J connectivity index is 2.10. The molecule has 0 saturated carbocycles. The summed E-state index contributed by atoms with van der Waals surface area (Å²) in [5, 5.41) is 3.48. The Morgan fingerprint density at radius 1 is 1.29 bits per heavy atom. The molecule has 4 nitrogen and oxygen atoms in total. The number of nitrogens with one attached hydrogen (secondary N) is 1. The van der Waals surface area contributed by atoms with Crippen molar-refractivity contribution in [2.24, 2.45) is 0 Å². The van der Waals surface area contributed by atoms with Crippen LogP contribution in [0.1, 0.15) is 20.8 Å². The molecule has 1 aromatic carbocycles. The number of hydrogen-bond donors (Lipinski definition) is 1. The van der Waals surface area contributed by atoms with Crippen molar-refractivity contribution in [2.75, 3.05) is 12.4 Å². The topological polar surface area (TPSA) is 45.2 Å². The van der Waals surface area contributed by atoms with E-state index in [-0.39, 0.29) is 17.4 Å². The molecule has 21 heavy (non-hydrogen) atoms. The Hall–Kier alpha value is -1.95. The van der Waals surface area contributed by atoms with Crippen molar-refractivity contribution in [1.82, 2.24) is 9.27 Å². The molecule has 0 spiro atoms. The van der Waals surface area contributed by atoms with Crippen molar-refractivity contribution in [3.8, 4) is 11.3 Å². The maximum atomic E-state index is 12.9. The number of benzene rings is 1. The molecule has 0 aliphatic heterocycles. The van der Waals surface area contributed by atoms with Crippen LogP contribution in [-0.4, -0.2) is 27.9 Å². The minimum Gasteiger partial charge on any atom is -0.323 e. The number of aromatic nitrogens is 1. The average molecular weight is 307 g/mol. The summed E-state index contributed by atoms with van der Waals surface area (Å²) in [5.74, 6) is -0.283. The van der Waals surface area contributed by atoms with Gasteiger partial charge in [-0.1, -0.05) is 0 Å². The molecule has 1 heterocycles. The van der Waals surface area contributed by atoms with Crippen LogP contribution in [0.3, 0.4) is 0 Å². The lowest BCUT2D eigenvalue weighted by atomic mass is 10.1. The highest BCUT2D eigenvalue weighted by molar-refractivity contribution is 7.10. The number of urea groups is 1. The summed E-state index contributed by atoms with van der Waals surface area (Å²) in [6.07, 6.45) is 0. The molecular weight excluding hydrogens is 289 g/mol. The van der Waals surface area contributed by atoms with Crippen molar-refractivity contribution in [2.45, 2.75) is 26.3 Å². The number of carbonyl (C=O) groups is 1. The number of hydrogen-bond acceptors (Lipinski definition) is 3. The van der Waals surface area contributed by atoms with Crippen LogP contribution in [0.5, 0.6) is 0 Å². The Morgan fingerprint density at radius 2 is 1.90 bits per heavy atom. The summed E-state index contributed by atoms with van der Waals surface area (Å²) in [6.45, 7) is 5.88. The summed E-state index contributed by atoms with van der Waals surface area (Å²) < 4.78 is 17.2. The van der Waals surface area contributed by atoms with Crippen LogP contribution >= 0.6 is 11.5 Å². The first-order valence-corrected chi connectivity index (χ1v) is 7.32. The van der Waals surface area contributed by atoms with Gasteiger partial charge in [-0.15, -0.1) is 0 Å².